The lowest BCUT2D eigenvalue weighted by atomic mass is 10.0. The minimum Gasteiger partial charge on any atom is -0.493 e. The molecule has 8 heteroatoms. The topological polar surface area (TPSA) is 94.7 Å². The standard InChI is InChI=1S/C23H25N3O4S/c1-15-6-2-3-8-17(15)29-12-5-9-19(27)26-11-13-30-18(14-26)20-16-7-4-10-25-23(16)31-21(20)22(24)28/h2-4,6-8,10,18H,5,9,11-14H2,1H3,(H2,24,28)/t18-/m1/s1. The summed E-state index contributed by atoms with van der Waals surface area (Å²) in [6.45, 7) is 3.81. The molecule has 3 aromatic rings. The van der Waals surface area contributed by atoms with Gasteiger partial charge in [-0.2, -0.15) is 0 Å². The van der Waals surface area contributed by atoms with Crippen molar-refractivity contribution in [3.8, 4) is 5.75 Å². The van der Waals surface area contributed by atoms with Crippen molar-refractivity contribution in [2.75, 3.05) is 26.3 Å². The smallest absolute Gasteiger partial charge is 0.259 e. The number of primary amides is 1. The molecule has 1 aromatic carbocycles. The second kappa shape index (κ2) is 9.45. The van der Waals surface area contributed by atoms with Gasteiger partial charge in [-0.1, -0.05) is 24.3 Å². The van der Waals surface area contributed by atoms with E-state index < -0.39 is 12.0 Å². The highest BCUT2D eigenvalue weighted by atomic mass is 32.1. The predicted octanol–water partition coefficient (Wildman–Crippen LogP) is 3.46. The van der Waals surface area contributed by atoms with Crippen molar-refractivity contribution in [1.82, 2.24) is 9.88 Å². The fraction of sp³-hybridized carbons (Fsp3) is 0.348. The number of aromatic nitrogens is 1. The normalized spacial score (nSPS) is 16.4. The zero-order valence-electron chi connectivity index (χ0n) is 17.4. The Morgan fingerprint density at radius 1 is 1.29 bits per heavy atom. The van der Waals surface area contributed by atoms with Crippen LogP contribution >= 0.6 is 11.3 Å². The van der Waals surface area contributed by atoms with Gasteiger partial charge in [0.25, 0.3) is 5.91 Å². The van der Waals surface area contributed by atoms with Gasteiger partial charge in [-0.3, -0.25) is 9.59 Å². The van der Waals surface area contributed by atoms with Gasteiger partial charge in [0.2, 0.25) is 5.91 Å². The molecule has 2 N–H and O–H groups in total. The van der Waals surface area contributed by atoms with E-state index in [1.807, 2.05) is 43.3 Å². The predicted molar refractivity (Wildman–Crippen MR) is 119 cm³/mol. The zero-order valence-corrected chi connectivity index (χ0v) is 18.2. The second-order valence-corrected chi connectivity index (χ2v) is 8.48. The van der Waals surface area contributed by atoms with Crippen LogP contribution in [0, 0.1) is 6.92 Å². The number of aryl methyl sites for hydroxylation is 1. The molecule has 1 saturated heterocycles. The Hall–Kier alpha value is -2.97. The van der Waals surface area contributed by atoms with Gasteiger partial charge in [-0.05, 0) is 31.0 Å². The number of thiophene rings is 1. The maximum absolute atomic E-state index is 12.8. The highest BCUT2D eigenvalue weighted by Crippen LogP contribution is 2.37. The number of benzene rings is 1. The summed E-state index contributed by atoms with van der Waals surface area (Å²) in [7, 11) is 0. The van der Waals surface area contributed by atoms with E-state index in [9.17, 15) is 9.59 Å². The largest absolute Gasteiger partial charge is 0.493 e. The number of nitrogens with two attached hydrogens (primary N) is 1. The van der Waals surface area contributed by atoms with Gasteiger partial charge in [0, 0.05) is 30.1 Å². The van der Waals surface area contributed by atoms with E-state index in [1.165, 1.54) is 11.3 Å². The number of amides is 2. The van der Waals surface area contributed by atoms with Crippen molar-refractivity contribution in [3.63, 3.8) is 0 Å². The van der Waals surface area contributed by atoms with Crippen molar-refractivity contribution in [3.05, 3.63) is 58.6 Å². The summed E-state index contributed by atoms with van der Waals surface area (Å²) in [6, 6.07) is 11.6. The van der Waals surface area contributed by atoms with Crippen LogP contribution in [0.5, 0.6) is 5.75 Å². The average molecular weight is 440 g/mol. The SMILES string of the molecule is Cc1ccccc1OCCCC(=O)N1CCO[C@@H](c2c(C(N)=O)sc3ncccc23)C1. The first kappa shape index (κ1) is 21.3. The van der Waals surface area contributed by atoms with E-state index in [2.05, 4.69) is 4.98 Å². The fourth-order valence-electron chi connectivity index (χ4n) is 3.79. The first-order valence-electron chi connectivity index (χ1n) is 10.3. The lowest BCUT2D eigenvalue weighted by Gasteiger charge is -2.33. The molecule has 0 bridgehead atoms. The average Bonchev–Trinajstić information content (AvgIpc) is 3.18. The molecule has 0 radical (unpaired) electrons. The van der Waals surface area contributed by atoms with Gasteiger partial charge in [-0.25, -0.2) is 4.98 Å². The van der Waals surface area contributed by atoms with E-state index in [0.717, 1.165) is 27.1 Å². The van der Waals surface area contributed by atoms with E-state index in [0.29, 0.717) is 44.0 Å². The number of hydrogen-bond donors (Lipinski definition) is 1. The number of rotatable bonds is 7. The summed E-state index contributed by atoms with van der Waals surface area (Å²) in [6.07, 6.45) is 2.31. The molecule has 1 aliphatic rings. The molecule has 1 aliphatic heterocycles. The molecule has 0 unspecified atom stereocenters. The molecule has 31 heavy (non-hydrogen) atoms. The van der Waals surface area contributed by atoms with Crippen LogP contribution < -0.4 is 10.5 Å². The summed E-state index contributed by atoms with van der Waals surface area (Å²) in [5.41, 5.74) is 7.43. The number of hydrogen-bond acceptors (Lipinski definition) is 6. The van der Waals surface area contributed by atoms with Crippen molar-refractivity contribution in [1.29, 1.82) is 0 Å². The number of morpholine rings is 1. The summed E-state index contributed by atoms with van der Waals surface area (Å²) < 4.78 is 11.7. The molecule has 1 atom stereocenters. The van der Waals surface area contributed by atoms with Crippen LogP contribution in [0.3, 0.4) is 0 Å². The molecular formula is C23H25N3O4S. The number of carbonyl (C=O) groups excluding carboxylic acids is 2. The van der Waals surface area contributed by atoms with E-state index in [-0.39, 0.29) is 5.91 Å². The van der Waals surface area contributed by atoms with Gasteiger partial charge >= 0.3 is 0 Å². The van der Waals surface area contributed by atoms with E-state index in [4.69, 9.17) is 15.2 Å². The zero-order chi connectivity index (χ0) is 21.8. The van der Waals surface area contributed by atoms with Crippen molar-refractivity contribution in [2.24, 2.45) is 5.73 Å². The van der Waals surface area contributed by atoms with Gasteiger partial charge in [0.05, 0.1) is 19.8 Å². The molecule has 0 spiro atoms. The summed E-state index contributed by atoms with van der Waals surface area (Å²) >= 11 is 1.27. The lowest BCUT2D eigenvalue weighted by molar-refractivity contribution is -0.139. The van der Waals surface area contributed by atoms with Crippen LogP contribution in [0.25, 0.3) is 10.2 Å². The van der Waals surface area contributed by atoms with E-state index in [1.54, 1.807) is 11.1 Å². The monoisotopic (exact) mass is 439 g/mol. The number of para-hydroxylation sites is 1. The van der Waals surface area contributed by atoms with Crippen LogP contribution in [0.15, 0.2) is 42.6 Å². The molecule has 3 heterocycles. The highest BCUT2D eigenvalue weighted by molar-refractivity contribution is 7.20. The molecule has 0 aliphatic carbocycles. The van der Waals surface area contributed by atoms with Crippen molar-refractivity contribution < 1.29 is 19.1 Å². The summed E-state index contributed by atoms with van der Waals surface area (Å²) in [5, 5.41) is 0.854. The molecular weight excluding hydrogens is 414 g/mol. The molecule has 7 nitrogen and oxygen atoms in total. The van der Waals surface area contributed by atoms with Gasteiger partial charge < -0.3 is 20.1 Å². The number of fused-ring (bicyclic) bond motifs is 1. The van der Waals surface area contributed by atoms with Crippen LogP contribution in [0.4, 0.5) is 0 Å². The fourth-order valence-corrected chi connectivity index (χ4v) is 4.83. The molecule has 0 saturated carbocycles. The van der Waals surface area contributed by atoms with Crippen LogP contribution in [0.2, 0.25) is 0 Å². The maximum Gasteiger partial charge on any atom is 0.259 e. The first-order valence-corrected chi connectivity index (χ1v) is 11.1. The second-order valence-electron chi connectivity index (χ2n) is 7.48. The Bertz CT molecular complexity index is 1100. The maximum atomic E-state index is 12.8. The molecule has 4 rings (SSSR count). The van der Waals surface area contributed by atoms with Crippen LogP contribution in [-0.4, -0.2) is 48.0 Å². The Labute approximate surface area is 184 Å². The first-order chi connectivity index (χ1) is 15.0. The lowest BCUT2D eigenvalue weighted by Crippen LogP contribution is -2.42. The molecule has 2 aromatic heterocycles. The number of carbonyl (C=O) groups is 2. The summed E-state index contributed by atoms with van der Waals surface area (Å²) in [4.78, 5) is 32.1. The highest BCUT2D eigenvalue weighted by Gasteiger charge is 2.31. The minimum atomic E-state index is -0.501. The van der Waals surface area contributed by atoms with Crippen LogP contribution in [-0.2, 0) is 9.53 Å². The molecule has 162 valence electrons. The van der Waals surface area contributed by atoms with E-state index >= 15 is 0 Å². The third kappa shape index (κ3) is 4.70. The third-order valence-electron chi connectivity index (χ3n) is 5.36. The van der Waals surface area contributed by atoms with Gasteiger partial charge in [0.1, 0.15) is 21.6 Å². The van der Waals surface area contributed by atoms with Gasteiger partial charge in [-0.15, -0.1) is 11.3 Å². The Balaban J connectivity index is 1.39. The van der Waals surface area contributed by atoms with Crippen molar-refractivity contribution >= 4 is 33.4 Å². The summed E-state index contributed by atoms with van der Waals surface area (Å²) in [5.74, 6) is 0.400. The van der Waals surface area contributed by atoms with Crippen LogP contribution in [0.1, 0.15) is 39.7 Å². The Morgan fingerprint density at radius 2 is 2.13 bits per heavy atom. The van der Waals surface area contributed by atoms with Crippen molar-refractivity contribution in [2.45, 2.75) is 25.9 Å². The molecule has 1 fully saturated rings. The number of ether oxygens (including phenoxy) is 2. The molecule has 2 amide bonds. The third-order valence-corrected chi connectivity index (χ3v) is 6.50. The Morgan fingerprint density at radius 3 is 2.94 bits per heavy atom. The van der Waals surface area contributed by atoms with Gasteiger partial charge in [0.15, 0.2) is 0 Å². The Kier molecular flexibility index (Phi) is 6.48. The number of nitrogens with zero attached hydrogens (tertiary/aromatic N) is 2. The minimum absolute atomic E-state index is 0.0555. The number of pyridine rings is 1. The quantitative estimate of drug-likeness (QED) is 0.569.